The summed E-state index contributed by atoms with van der Waals surface area (Å²) >= 11 is 0. The summed E-state index contributed by atoms with van der Waals surface area (Å²) in [5.74, 6) is -0.652. The minimum Gasteiger partial charge on any atom is -0.481 e. The minimum atomic E-state index is -0.652. The summed E-state index contributed by atoms with van der Waals surface area (Å²) in [6.45, 7) is 0.356. The van der Waals surface area contributed by atoms with Gasteiger partial charge in [-0.05, 0) is 38.5 Å². The molecular formula is C34H66O3. The largest absolute Gasteiger partial charge is 0.481 e. The standard InChI is InChI=1S/C34H66O3/c35-33-31-29-27-25-23-21-19-17-15-13-11-9-7-5-3-1-2-4-6-8-10-12-14-16-18-20-22-24-26-28-30-32-34(36)37/h15,17,35H,1-14,16,18-33H2,(H,36,37)/b17-15-. The molecule has 0 aromatic rings. The van der Waals surface area contributed by atoms with Crippen LogP contribution in [-0.4, -0.2) is 22.8 Å². The van der Waals surface area contributed by atoms with E-state index in [0.29, 0.717) is 13.0 Å². The van der Waals surface area contributed by atoms with Crippen molar-refractivity contribution in [3.05, 3.63) is 12.2 Å². The molecule has 0 atom stereocenters. The van der Waals surface area contributed by atoms with E-state index >= 15 is 0 Å². The van der Waals surface area contributed by atoms with Gasteiger partial charge in [-0.1, -0.05) is 160 Å². The first-order valence-corrected chi connectivity index (χ1v) is 16.7. The van der Waals surface area contributed by atoms with Crippen LogP contribution in [0, 0.1) is 0 Å². The Morgan fingerprint density at radius 3 is 0.892 bits per heavy atom. The molecule has 220 valence electrons. The van der Waals surface area contributed by atoms with Gasteiger partial charge in [0.15, 0.2) is 0 Å². The molecule has 0 saturated carbocycles. The van der Waals surface area contributed by atoms with Crippen molar-refractivity contribution < 1.29 is 15.0 Å². The van der Waals surface area contributed by atoms with E-state index in [1.54, 1.807) is 0 Å². The summed E-state index contributed by atoms with van der Waals surface area (Å²) in [6.07, 6.45) is 43.6. The third kappa shape index (κ3) is 35.2. The van der Waals surface area contributed by atoms with E-state index < -0.39 is 5.97 Å². The first-order valence-electron chi connectivity index (χ1n) is 16.7. The van der Waals surface area contributed by atoms with Gasteiger partial charge in [-0.25, -0.2) is 0 Å². The molecule has 0 radical (unpaired) electrons. The third-order valence-electron chi connectivity index (χ3n) is 7.71. The van der Waals surface area contributed by atoms with Crippen molar-refractivity contribution in [3.63, 3.8) is 0 Å². The summed E-state index contributed by atoms with van der Waals surface area (Å²) in [5, 5.41) is 17.4. The van der Waals surface area contributed by atoms with Crippen LogP contribution < -0.4 is 0 Å². The van der Waals surface area contributed by atoms with Crippen LogP contribution in [0.5, 0.6) is 0 Å². The predicted octanol–water partition coefficient (Wildman–Crippen LogP) is 11.3. The van der Waals surface area contributed by atoms with Crippen molar-refractivity contribution in [3.8, 4) is 0 Å². The van der Waals surface area contributed by atoms with Gasteiger partial charge in [0.05, 0.1) is 0 Å². The SMILES string of the molecule is O=C(O)CCCCCCCCCCCCCCCCCCCCCCC/C=C\CCCCCCCCO. The number of allylic oxidation sites excluding steroid dienone is 2. The van der Waals surface area contributed by atoms with Crippen LogP contribution in [0.3, 0.4) is 0 Å². The molecule has 2 N–H and O–H groups in total. The molecule has 0 saturated heterocycles. The molecule has 0 bridgehead atoms. The molecule has 0 unspecified atom stereocenters. The number of hydrogen-bond acceptors (Lipinski definition) is 2. The molecule has 0 heterocycles. The Hall–Kier alpha value is -0.830. The number of unbranched alkanes of at least 4 members (excludes halogenated alkanes) is 27. The van der Waals surface area contributed by atoms with E-state index in [1.807, 2.05) is 0 Å². The molecule has 0 rings (SSSR count). The first kappa shape index (κ1) is 36.2. The van der Waals surface area contributed by atoms with Crippen LogP contribution in [0.1, 0.15) is 193 Å². The summed E-state index contributed by atoms with van der Waals surface area (Å²) in [7, 11) is 0. The van der Waals surface area contributed by atoms with Gasteiger partial charge in [-0.2, -0.15) is 0 Å². The van der Waals surface area contributed by atoms with Crippen molar-refractivity contribution in [2.24, 2.45) is 0 Å². The minimum absolute atomic E-state index is 0.342. The maximum atomic E-state index is 10.5. The molecule has 0 spiro atoms. The Morgan fingerprint density at radius 2 is 0.622 bits per heavy atom. The van der Waals surface area contributed by atoms with Gasteiger partial charge in [0.25, 0.3) is 0 Å². The van der Waals surface area contributed by atoms with E-state index in [2.05, 4.69) is 12.2 Å². The number of carbonyl (C=O) groups is 1. The maximum absolute atomic E-state index is 10.5. The topological polar surface area (TPSA) is 57.5 Å². The summed E-state index contributed by atoms with van der Waals surface area (Å²) in [5.41, 5.74) is 0. The van der Waals surface area contributed by atoms with Crippen molar-refractivity contribution >= 4 is 5.97 Å². The molecule has 0 aromatic heterocycles. The summed E-state index contributed by atoms with van der Waals surface area (Å²) < 4.78 is 0. The Balaban J connectivity index is 3.07. The van der Waals surface area contributed by atoms with E-state index in [0.717, 1.165) is 19.3 Å². The Bertz CT molecular complexity index is 460. The van der Waals surface area contributed by atoms with Crippen molar-refractivity contribution in [1.82, 2.24) is 0 Å². The van der Waals surface area contributed by atoms with E-state index in [1.165, 1.54) is 167 Å². The molecule has 37 heavy (non-hydrogen) atoms. The fraction of sp³-hybridized carbons (Fsp3) is 0.912. The van der Waals surface area contributed by atoms with Gasteiger partial charge in [0.2, 0.25) is 0 Å². The highest BCUT2D eigenvalue weighted by atomic mass is 16.4. The lowest BCUT2D eigenvalue weighted by atomic mass is 10.0. The Kier molecular flexibility index (Phi) is 32.5. The molecule has 0 aliphatic carbocycles. The lowest BCUT2D eigenvalue weighted by molar-refractivity contribution is -0.137. The number of aliphatic hydroxyl groups is 1. The van der Waals surface area contributed by atoms with Crippen molar-refractivity contribution in [2.75, 3.05) is 6.61 Å². The number of hydrogen-bond donors (Lipinski definition) is 2. The average Bonchev–Trinajstić information content (AvgIpc) is 2.89. The van der Waals surface area contributed by atoms with Gasteiger partial charge < -0.3 is 10.2 Å². The average molecular weight is 523 g/mol. The molecule has 0 aromatic carbocycles. The predicted molar refractivity (Wildman–Crippen MR) is 162 cm³/mol. The number of aliphatic carboxylic acids is 1. The van der Waals surface area contributed by atoms with E-state index in [-0.39, 0.29) is 0 Å². The Labute approximate surface area is 232 Å². The fourth-order valence-corrected chi connectivity index (χ4v) is 5.21. The molecule has 0 aliphatic heterocycles. The second kappa shape index (κ2) is 33.2. The fourth-order valence-electron chi connectivity index (χ4n) is 5.21. The van der Waals surface area contributed by atoms with Crippen molar-refractivity contribution in [1.29, 1.82) is 0 Å². The summed E-state index contributed by atoms with van der Waals surface area (Å²) in [6, 6.07) is 0. The van der Waals surface area contributed by atoms with E-state index in [4.69, 9.17) is 10.2 Å². The van der Waals surface area contributed by atoms with Crippen LogP contribution in [0.25, 0.3) is 0 Å². The zero-order chi connectivity index (χ0) is 26.9. The summed E-state index contributed by atoms with van der Waals surface area (Å²) in [4.78, 5) is 10.5. The zero-order valence-electron chi connectivity index (χ0n) is 24.9. The normalized spacial score (nSPS) is 11.6. The second-order valence-electron chi connectivity index (χ2n) is 11.5. The smallest absolute Gasteiger partial charge is 0.303 e. The second-order valence-corrected chi connectivity index (χ2v) is 11.5. The van der Waals surface area contributed by atoms with Gasteiger partial charge in [-0.3, -0.25) is 4.79 Å². The quantitative estimate of drug-likeness (QED) is 0.0682. The first-order chi connectivity index (χ1) is 18.3. The molecule has 3 nitrogen and oxygen atoms in total. The van der Waals surface area contributed by atoms with Crippen LogP contribution in [-0.2, 0) is 4.79 Å². The number of aliphatic hydroxyl groups excluding tert-OH is 1. The highest BCUT2D eigenvalue weighted by Crippen LogP contribution is 2.15. The van der Waals surface area contributed by atoms with Gasteiger partial charge in [0, 0.05) is 13.0 Å². The third-order valence-corrected chi connectivity index (χ3v) is 7.71. The molecular weight excluding hydrogens is 456 g/mol. The monoisotopic (exact) mass is 523 g/mol. The van der Waals surface area contributed by atoms with E-state index in [9.17, 15) is 4.79 Å². The van der Waals surface area contributed by atoms with Gasteiger partial charge in [0.1, 0.15) is 0 Å². The van der Waals surface area contributed by atoms with Crippen LogP contribution in [0.2, 0.25) is 0 Å². The molecule has 0 amide bonds. The van der Waals surface area contributed by atoms with Gasteiger partial charge in [-0.15, -0.1) is 0 Å². The number of carboxylic acids is 1. The number of carboxylic acid groups (broad SMARTS) is 1. The zero-order valence-corrected chi connectivity index (χ0v) is 24.9. The Morgan fingerprint density at radius 1 is 0.378 bits per heavy atom. The van der Waals surface area contributed by atoms with Crippen LogP contribution >= 0.6 is 0 Å². The van der Waals surface area contributed by atoms with Gasteiger partial charge >= 0.3 is 5.97 Å². The number of rotatable bonds is 32. The van der Waals surface area contributed by atoms with Crippen LogP contribution in [0.15, 0.2) is 12.2 Å². The lowest BCUT2D eigenvalue weighted by Crippen LogP contribution is -1.93. The highest BCUT2D eigenvalue weighted by molar-refractivity contribution is 5.66. The molecule has 3 heteroatoms. The molecule has 0 aliphatic rings. The van der Waals surface area contributed by atoms with Crippen molar-refractivity contribution in [2.45, 2.75) is 193 Å². The van der Waals surface area contributed by atoms with Crippen LogP contribution in [0.4, 0.5) is 0 Å². The lowest BCUT2D eigenvalue weighted by Gasteiger charge is -2.04. The highest BCUT2D eigenvalue weighted by Gasteiger charge is 1.98. The maximum Gasteiger partial charge on any atom is 0.303 e. The molecule has 0 fully saturated rings.